The van der Waals surface area contributed by atoms with Gasteiger partial charge in [-0.05, 0) is 99.0 Å². The molecule has 1 fully saturated rings. The lowest BCUT2D eigenvalue weighted by Gasteiger charge is -2.51. The lowest BCUT2D eigenvalue weighted by molar-refractivity contribution is -0.300. The van der Waals surface area contributed by atoms with Crippen LogP contribution >= 0.6 is 0 Å². The number of benzene rings is 3. The zero-order valence-electron chi connectivity index (χ0n) is 38.9. The number of carbonyl (C=O) groups excluding carboxylic acids is 1. The SMILES string of the molecule is CC[C@@H](OCOCc1ccccc1)[C@H](C)[C@@H]1O[C@H](c2c(C)cc(C)cc2C)O[C@@H]([C@H](C)C[C@@](C)(O[Si](C)(C)C(C)(C)C)[C@H](OCc2ccc(OC)cc2)[C@H](C)C=O)[C@@H]1C. The van der Waals surface area contributed by atoms with Gasteiger partial charge in [0.1, 0.15) is 18.8 Å². The molecule has 4 rings (SSSR count). The maximum atomic E-state index is 12.8. The summed E-state index contributed by atoms with van der Waals surface area (Å²) in [5, 5.41) is -0.0724. The fraction of sp³-hybridized carbons (Fsp3) is 0.620. The van der Waals surface area contributed by atoms with Gasteiger partial charge in [-0.2, -0.15) is 0 Å². The fourth-order valence-electron chi connectivity index (χ4n) is 9.00. The Morgan fingerprint density at radius 3 is 1.98 bits per heavy atom. The highest BCUT2D eigenvalue weighted by Crippen LogP contribution is 2.47. The topological polar surface area (TPSA) is 81.7 Å². The molecule has 0 bridgehead atoms. The average molecular weight is 833 g/mol. The number of hydrogen-bond acceptors (Lipinski definition) is 8. The molecule has 1 aliphatic rings. The van der Waals surface area contributed by atoms with Crippen molar-refractivity contribution in [3.05, 3.63) is 100 Å². The Hall–Kier alpha value is -2.89. The van der Waals surface area contributed by atoms with Crippen LogP contribution in [0, 0.1) is 44.4 Å². The van der Waals surface area contributed by atoms with E-state index in [0.29, 0.717) is 19.6 Å². The van der Waals surface area contributed by atoms with Crippen LogP contribution in [-0.4, -0.2) is 58.5 Å². The molecule has 0 N–H and O–H groups in total. The average Bonchev–Trinajstić information content (AvgIpc) is 3.17. The van der Waals surface area contributed by atoms with Crippen molar-refractivity contribution in [2.75, 3.05) is 13.9 Å². The number of aldehydes is 1. The molecule has 1 heterocycles. The van der Waals surface area contributed by atoms with Crippen molar-refractivity contribution in [3.8, 4) is 5.75 Å². The molecule has 0 spiro atoms. The summed E-state index contributed by atoms with van der Waals surface area (Å²) in [5.41, 5.74) is 5.87. The minimum Gasteiger partial charge on any atom is -0.497 e. The van der Waals surface area contributed by atoms with Crippen molar-refractivity contribution < 1.29 is 37.6 Å². The summed E-state index contributed by atoms with van der Waals surface area (Å²) in [6, 6.07) is 22.5. The van der Waals surface area contributed by atoms with E-state index >= 15 is 0 Å². The van der Waals surface area contributed by atoms with Crippen LogP contribution in [0.2, 0.25) is 18.1 Å². The third-order valence-corrected chi connectivity index (χ3v) is 17.6. The molecule has 0 aromatic heterocycles. The van der Waals surface area contributed by atoms with E-state index in [0.717, 1.165) is 46.3 Å². The molecule has 0 radical (unpaired) electrons. The van der Waals surface area contributed by atoms with Gasteiger partial charge in [0, 0.05) is 23.3 Å². The summed E-state index contributed by atoms with van der Waals surface area (Å²) in [5.74, 6) is 0.394. The van der Waals surface area contributed by atoms with Gasteiger partial charge in [0.25, 0.3) is 0 Å². The van der Waals surface area contributed by atoms with Gasteiger partial charge < -0.3 is 37.6 Å². The largest absolute Gasteiger partial charge is 0.497 e. The zero-order chi connectivity index (χ0) is 43.7. The Kier molecular flexibility index (Phi) is 17.6. The lowest BCUT2D eigenvalue weighted by atomic mass is 9.75. The van der Waals surface area contributed by atoms with Crippen molar-refractivity contribution in [2.24, 2.45) is 23.7 Å². The predicted molar refractivity (Wildman–Crippen MR) is 240 cm³/mol. The van der Waals surface area contributed by atoms with Gasteiger partial charge in [0.05, 0.1) is 50.3 Å². The second-order valence-corrected chi connectivity index (χ2v) is 23.8. The molecule has 1 saturated heterocycles. The molecular weight excluding hydrogens is 757 g/mol. The highest BCUT2D eigenvalue weighted by atomic mass is 28.4. The molecule has 3 aromatic rings. The lowest BCUT2D eigenvalue weighted by Crippen LogP contribution is -2.58. The normalized spacial score (nSPS) is 22.5. The Bertz CT molecular complexity index is 1720. The molecular formula is C50H76O8Si. The van der Waals surface area contributed by atoms with Crippen LogP contribution in [-0.2, 0) is 46.1 Å². The molecule has 0 aliphatic carbocycles. The zero-order valence-corrected chi connectivity index (χ0v) is 39.9. The van der Waals surface area contributed by atoms with E-state index in [-0.39, 0.29) is 47.9 Å². The molecule has 10 atom stereocenters. The van der Waals surface area contributed by atoms with Crippen LogP contribution in [0.15, 0.2) is 66.7 Å². The van der Waals surface area contributed by atoms with E-state index in [4.69, 9.17) is 32.8 Å². The van der Waals surface area contributed by atoms with E-state index in [9.17, 15) is 4.79 Å². The first-order valence-electron chi connectivity index (χ1n) is 21.8. The predicted octanol–water partition coefficient (Wildman–Crippen LogP) is 11.9. The molecule has 0 amide bonds. The van der Waals surface area contributed by atoms with E-state index in [1.165, 1.54) is 5.56 Å². The second kappa shape index (κ2) is 21.3. The molecule has 8 nitrogen and oxygen atoms in total. The van der Waals surface area contributed by atoms with Crippen molar-refractivity contribution in [3.63, 3.8) is 0 Å². The Morgan fingerprint density at radius 1 is 0.831 bits per heavy atom. The number of aryl methyl sites for hydroxylation is 3. The third-order valence-electron chi connectivity index (χ3n) is 13.0. The van der Waals surface area contributed by atoms with Crippen LogP contribution < -0.4 is 4.74 Å². The van der Waals surface area contributed by atoms with Gasteiger partial charge in [-0.15, -0.1) is 0 Å². The van der Waals surface area contributed by atoms with E-state index in [1.54, 1.807) is 7.11 Å². The van der Waals surface area contributed by atoms with Gasteiger partial charge in [0.15, 0.2) is 14.6 Å². The minimum atomic E-state index is -2.40. The van der Waals surface area contributed by atoms with Crippen molar-refractivity contribution in [1.82, 2.24) is 0 Å². The van der Waals surface area contributed by atoms with Crippen molar-refractivity contribution in [1.29, 1.82) is 0 Å². The quantitative estimate of drug-likeness (QED) is 0.0454. The molecule has 0 unspecified atom stereocenters. The number of methoxy groups -OCH3 is 1. The standard InChI is InChI=1S/C50H76O8Si/c1-16-43(55-32-53-30-40-20-18-17-19-21-40)38(7)46-39(8)45(56-48(57-46)44-34(3)26-33(2)27-35(44)4)36(5)28-50(12,58-59(14,15)49(9,10)11)47(37(6)29-51)54-31-41-22-24-42(52-13)25-23-41/h17-27,29,36-39,43,45-48H,16,28,30-32H2,1-15H3/t36-,37-,38+,39+,43-,45+,46+,47-,48-,50-/m1/s1. The maximum Gasteiger partial charge on any atom is 0.192 e. The van der Waals surface area contributed by atoms with Crippen LogP contribution in [0.25, 0.3) is 0 Å². The Morgan fingerprint density at radius 2 is 1.42 bits per heavy atom. The second-order valence-electron chi connectivity index (χ2n) is 19.1. The molecule has 328 valence electrons. The van der Waals surface area contributed by atoms with Gasteiger partial charge >= 0.3 is 0 Å². The number of rotatable bonds is 21. The summed E-state index contributed by atoms with van der Waals surface area (Å²) in [4.78, 5) is 12.8. The monoisotopic (exact) mass is 833 g/mol. The summed E-state index contributed by atoms with van der Waals surface area (Å²) in [6.07, 6.45) is 0.872. The van der Waals surface area contributed by atoms with Gasteiger partial charge in [-0.25, -0.2) is 0 Å². The maximum absolute atomic E-state index is 12.8. The molecule has 0 saturated carbocycles. The van der Waals surface area contributed by atoms with Crippen molar-refractivity contribution >= 4 is 14.6 Å². The minimum absolute atomic E-state index is 0.00415. The Labute approximate surface area is 358 Å². The summed E-state index contributed by atoms with van der Waals surface area (Å²) in [6.45, 7) is 31.8. The number of ether oxygens (including phenoxy) is 6. The van der Waals surface area contributed by atoms with Gasteiger partial charge in [0.2, 0.25) is 0 Å². The van der Waals surface area contributed by atoms with Crippen LogP contribution in [0.5, 0.6) is 5.75 Å². The van der Waals surface area contributed by atoms with Crippen molar-refractivity contribution in [2.45, 2.75) is 164 Å². The summed E-state index contributed by atoms with van der Waals surface area (Å²) >= 11 is 0. The molecule has 3 aromatic carbocycles. The highest BCUT2D eigenvalue weighted by molar-refractivity contribution is 6.74. The first-order chi connectivity index (χ1) is 27.7. The van der Waals surface area contributed by atoms with Crippen LogP contribution in [0.4, 0.5) is 0 Å². The van der Waals surface area contributed by atoms with E-state index in [2.05, 4.69) is 114 Å². The first kappa shape index (κ1) is 48.8. The third kappa shape index (κ3) is 12.6. The van der Waals surface area contributed by atoms with E-state index in [1.807, 2.05) is 49.4 Å². The fourth-order valence-corrected chi connectivity index (χ4v) is 10.7. The van der Waals surface area contributed by atoms with Crippen LogP contribution in [0.1, 0.15) is 115 Å². The number of carbonyl (C=O) groups is 1. The molecule has 1 aliphatic heterocycles. The first-order valence-corrected chi connectivity index (χ1v) is 24.7. The van der Waals surface area contributed by atoms with Gasteiger partial charge in [-0.1, -0.05) is 116 Å². The highest BCUT2D eigenvalue weighted by Gasteiger charge is 2.51. The molecule has 59 heavy (non-hydrogen) atoms. The smallest absolute Gasteiger partial charge is 0.192 e. The number of hydrogen-bond donors (Lipinski definition) is 0. The Balaban J connectivity index is 1.70. The summed E-state index contributed by atoms with van der Waals surface area (Å²) < 4.78 is 46.5. The molecule has 9 heteroatoms. The summed E-state index contributed by atoms with van der Waals surface area (Å²) in [7, 11) is -0.737. The van der Waals surface area contributed by atoms with E-state index < -0.39 is 32.2 Å². The van der Waals surface area contributed by atoms with Crippen LogP contribution in [0.3, 0.4) is 0 Å². The van der Waals surface area contributed by atoms with Gasteiger partial charge in [-0.3, -0.25) is 0 Å².